The molecule has 0 unspecified atom stereocenters. The van der Waals surface area contributed by atoms with Crippen molar-refractivity contribution in [1.29, 1.82) is 0 Å². The minimum absolute atomic E-state index is 0.0288. The minimum Gasteiger partial charge on any atom is -0.274 e. The highest BCUT2D eigenvalue weighted by molar-refractivity contribution is 6.32. The molecular formula is C22H20ClNO2. The molecule has 2 bridgehead atoms. The lowest BCUT2D eigenvalue weighted by Gasteiger charge is -2.28. The second-order valence-corrected chi connectivity index (χ2v) is 8.32. The number of rotatable bonds is 2. The molecule has 2 aliphatic carbocycles. The van der Waals surface area contributed by atoms with Gasteiger partial charge in [-0.3, -0.25) is 9.59 Å². The van der Waals surface area contributed by atoms with Gasteiger partial charge in [-0.25, -0.2) is 4.90 Å². The molecule has 0 aromatic heterocycles. The fourth-order valence-electron chi connectivity index (χ4n) is 5.52. The predicted molar refractivity (Wildman–Crippen MR) is 101 cm³/mol. The molecule has 0 radical (unpaired) electrons. The van der Waals surface area contributed by atoms with Gasteiger partial charge in [0.1, 0.15) is 0 Å². The summed E-state index contributed by atoms with van der Waals surface area (Å²) in [4.78, 5) is 27.7. The summed E-state index contributed by atoms with van der Waals surface area (Å²) < 4.78 is 0. The van der Waals surface area contributed by atoms with Gasteiger partial charge in [-0.2, -0.15) is 0 Å². The number of nitrogens with zero attached hydrogens (tertiary/aromatic N) is 1. The molecule has 26 heavy (non-hydrogen) atoms. The van der Waals surface area contributed by atoms with Crippen LogP contribution in [0.25, 0.3) is 0 Å². The molecule has 3 nitrogen and oxygen atoms in total. The fourth-order valence-corrected chi connectivity index (χ4v) is 5.69. The van der Waals surface area contributed by atoms with E-state index in [9.17, 15) is 9.59 Å². The van der Waals surface area contributed by atoms with Crippen LogP contribution < -0.4 is 4.90 Å². The predicted octanol–water partition coefficient (Wildman–Crippen LogP) is 4.58. The number of anilines is 1. The number of halogens is 1. The summed E-state index contributed by atoms with van der Waals surface area (Å²) in [5.41, 5.74) is 2.86. The third kappa shape index (κ3) is 2.13. The fraction of sp³-hybridized carbons (Fsp3) is 0.364. The van der Waals surface area contributed by atoms with Crippen LogP contribution in [-0.4, -0.2) is 11.8 Å². The third-order valence-corrected chi connectivity index (χ3v) is 7.06. The maximum absolute atomic E-state index is 13.2. The highest BCUT2D eigenvalue weighted by atomic mass is 35.5. The summed E-state index contributed by atoms with van der Waals surface area (Å²) in [6.07, 6.45) is 2.01. The second-order valence-electron chi connectivity index (χ2n) is 7.91. The van der Waals surface area contributed by atoms with Crippen molar-refractivity contribution < 1.29 is 9.59 Å². The van der Waals surface area contributed by atoms with Gasteiger partial charge >= 0.3 is 0 Å². The van der Waals surface area contributed by atoms with E-state index < -0.39 is 0 Å². The Hall–Kier alpha value is -2.13. The van der Waals surface area contributed by atoms with E-state index in [4.69, 9.17) is 11.6 Å². The van der Waals surface area contributed by atoms with E-state index in [1.54, 1.807) is 6.07 Å². The van der Waals surface area contributed by atoms with Crippen LogP contribution in [-0.2, 0) is 9.59 Å². The molecule has 0 N–H and O–H groups in total. The van der Waals surface area contributed by atoms with Crippen molar-refractivity contribution in [2.24, 2.45) is 23.7 Å². The van der Waals surface area contributed by atoms with Crippen LogP contribution in [0.3, 0.4) is 0 Å². The first-order valence-electron chi connectivity index (χ1n) is 9.25. The van der Waals surface area contributed by atoms with Gasteiger partial charge in [0.25, 0.3) is 0 Å². The number of benzene rings is 2. The molecular weight excluding hydrogens is 346 g/mol. The normalized spacial score (nSPS) is 32.4. The number of fused-ring (bicyclic) bond motifs is 5. The van der Waals surface area contributed by atoms with E-state index in [0.29, 0.717) is 22.5 Å². The Morgan fingerprint density at radius 3 is 2.42 bits per heavy atom. The number of imide groups is 1. The lowest BCUT2D eigenvalue weighted by molar-refractivity contribution is -0.123. The molecule has 1 aliphatic heterocycles. The van der Waals surface area contributed by atoms with E-state index in [1.807, 2.05) is 25.1 Å². The molecule has 2 aromatic carbocycles. The Morgan fingerprint density at radius 1 is 0.962 bits per heavy atom. The summed E-state index contributed by atoms with van der Waals surface area (Å²) in [7, 11) is 0. The molecule has 2 amide bonds. The Kier molecular flexibility index (Phi) is 3.51. The van der Waals surface area contributed by atoms with Gasteiger partial charge in [0.05, 0.1) is 17.5 Å². The van der Waals surface area contributed by atoms with Gasteiger partial charge in [-0.1, -0.05) is 48.0 Å². The average molecular weight is 366 g/mol. The second kappa shape index (κ2) is 5.68. The summed E-state index contributed by atoms with van der Waals surface area (Å²) in [6.45, 7) is 1.92. The summed E-state index contributed by atoms with van der Waals surface area (Å²) >= 11 is 6.23. The van der Waals surface area contributed by atoms with E-state index in [2.05, 4.69) is 24.3 Å². The summed E-state index contributed by atoms with van der Waals surface area (Å²) in [6, 6.07) is 15.9. The van der Waals surface area contributed by atoms with E-state index >= 15 is 0 Å². The van der Waals surface area contributed by atoms with Gasteiger partial charge in [0.15, 0.2) is 0 Å². The number of hydrogen-bond donors (Lipinski definition) is 0. The van der Waals surface area contributed by atoms with Crippen LogP contribution in [0.1, 0.15) is 29.9 Å². The monoisotopic (exact) mass is 365 g/mol. The van der Waals surface area contributed by atoms with Crippen LogP contribution in [0.5, 0.6) is 0 Å². The van der Waals surface area contributed by atoms with Crippen molar-refractivity contribution in [2.45, 2.75) is 25.7 Å². The zero-order valence-corrected chi connectivity index (χ0v) is 15.3. The topological polar surface area (TPSA) is 37.4 Å². The van der Waals surface area contributed by atoms with Gasteiger partial charge in [-0.15, -0.1) is 0 Å². The Morgan fingerprint density at radius 2 is 1.69 bits per heavy atom. The zero-order chi connectivity index (χ0) is 18.0. The van der Waals surface area contributed by atoms with Crippen molar-refractivity contribution >= 4 is 29.1 Å². The van der Waals surface area contributed by atoms with Crippen LogP contribution in [0.15, 0.2) is 48.5 Å². The third-order valence-electron chi connectivity index (χ3n) is 6.66. The lowest BCUT2D eigenvalue weighted by atomic mass is 9.73. The first-order valence-corrected chi connectivity index (χ1v) is 9.63. The molecule has 5 rings (SSSR count). The molecule has 2 aromatic rings. The average Bonchev–Trinajstić information content (AvgIpc) is 3.30. The van der Waals surface area contributed by atoms with Crippen molar-refractivity contribution in [3.63, 3.8) is 0 Å². The Balaban J connectivity index is 1.50. The summed E-state index contributed by atoms with van der Waals surface area (Å²) in [5.74, 6) is 0.596. The number of carbonyl (C=O) groups is 2. The number of aryl methyl sites for hydroxylation is 1. The van der Waals surface area contributed by atoms with Gasteiger partial charge in [0, 0.05) is 5.02 Å². The largest absolute Gasteiger partial charge is 0.274 e. The van der Waals surface area contributed by atoms with Crippen molar-refractivity contribution in [2.75, 3.05) is 4.90 Å². The van der Waals surface area contributed by atoms with E-state index in [0.717, 1.165) is 18.4 Å². The van der Waals surface area contributed by atoms with Crippen LogP contribution in [0.2, 0.25) is 5.02 Å². The van der Waals surface area contributed by atoms with Crippen LogP contribution >= 0.6 is 11.6 Å². The standard InChI is InChI=1S/C22H20ClNO2/c1-12-7-8-15(11-18(12)23)24-21(25)19-14-9-16(13-5-3-2-4-6-13)17(10-14)20(19)22(24)26/h2-8,11,14,16-17,19-20H,9-10H2,1H3/t14-,16-,17+,19+,20-/m0/s1. The Labute approximate surface area is 158 Å². The zero-order valence-electron chi connectivity index (χ0n) is 14.6. The van der Waals surface area contributed by atoms with Crippen LogP contribution in [0, 0.1) is 30.6 Å². The van der Waals surface area contributed by atoms with Gasteiger partial charge in [-0.05, 0) is 60.8 Å². The van der Waals surface area contributed by atoms with Crippen molar-refractivity contribution in [1.82, 2.24) is 0 Å². The number of hydrogen-bond acceptors (Lipinski definition) is 2. The Bertz CT molecular complexity index is 910. The number of amides is 2. The maximum atomic E-state index is 13.2. The number of carbonyl (C=O) groups excluding carboxylic acids is 2. The molecule has 5 atom stereocenters. The van der Waals surface area contributed by atoms with Crippen LogP contribution in [0.4, 0.5) is 5.69 Å². The van der Waals surface area contributed by atoms with Gasteiger partial charge < -0.3 is 0 Å². The van der Waals surface area contributed by atoms with E-state index in [1.165, 1.54) is 10.5 Å². The molecule has 2 saturated carbocycles. The quantitative estimate of drug-likeness (QED) is 0.730. The summed E-state index contributed by atoms with van der Waals surface area (Å²) in [5, 5.41) is 0.588. The lowest BCUT2D eigenvalue weighted by Crippen LogP contribution is -2.33. The molecule has 132 valence electrons. The highest BCUT2D eigenvalue weighted by Gasteiger charge is 2.64. The first kappa shape index (κ1) is 16.1. The molecule has 1 heterocycles. The SMILES string of the molecule is Cc1ccc(N2C(=O)[C@@H]3[C@@H]4C[C@@H]([C@@H]3C2=O)[C@H](c2ccccc2)C4)cc1Cl. The smallest absolute Gasteiger partial charge is 0.237 e. The molecule has 1 saturated heterocycles. The van der Waals surface area contributed by atoms with Crippen molar-refractivity contribution in [3.05, 3.63) is 64.7 Å². The maximum Gasteiger partial charge on any atom is 0.237 e. The molecule has 0 spiro atoms. The highest BCUT2D eigenvalue weighted by Crippen LogP contribution is 2.61. The molecule has 3 fully saturated rings. The van der Waals surface area contributed by atoms with Crippen molar-refractivity contribution in [3.8, 4) is 0 Å². The molecule has 4 heteroatoms. The van der Waals surface area contributed by atoms with E-state index in [-0.39, 0.29) is 29.6 Å². The minimum atomic E-state index is -0.175. The first-order chi connectivity index (χ1) is 12.6. The molecule has 3 aliphatic rings. The van der Waals surface area contributed by atoms with Gasteiger partial charge in [0.2, 0.25) is 11.8 Å².